The van der Waals surface area contributed by atoms with Gasteiger partial charge in [-0.2, -0.15) is 0 Å². The number of para-hydroxylation sites is 1. The number of piperazine rings is 1. The summed E-state index contributed by atoms with van der Waals surface area (Å²) in [6.07, 6.45) is 0. The van der Waals surface area contributed by atoms with Gasteiger partial charge in [-0.3, -0.25) is 4.79 Å². The van der Waals surface area contributed by atoms with E-state index in [1.807, 2.05) is 0 Å². The number of amides is 3. The summed E-state index contributed by atoms with van der Waals surface area (Å²) in [4.78, 5) is 26.4. The maximum Gasteiger partial charge on any atom is 0.322 e. The Hall–Kier alpha value is -1.82. The van der Waals surface area contributed by atoms with Crippen LogP contribution in [-0.4, -0.2) is 47.9 Å². The number of hydrogen-bond donors (Lipinski definition) is 1. The van der Waals surface area contributed by atoms with E-state index in [0.29, 0.717) is 26.2 Å². The Labute approximate surface area is 121 Å². The maximum absolute atomic E-state index is 13.6. The molecule has 1 aromatic rings. The quantitative estimate of drug-likeness (QED) is 0.864. The highest BCUT2D eigenvalue weighted by atomic mass is 35.5. The Morgan fingerprint density at radius 3 is 2.35 bits per heavy atom. The lowest BCUT2D eigenvalue weighted by Crippen LogP contribution is -2.51. The van der Waals surface area contributed by atoms with Crippen LogP contribution in [0.4, 0.5) is 14.9 Å². The summed E-state index contributed by atoms with van der Waals surface area (Å²) < 4.78 is 13.6. The molecule has 0 aliphatic carbocycles. The number of carbonyl (C=O) groups is 2. The standard InChI is InChI=1S/C13H15ClFN3O2/c1-9(19)17-5-7-18(8-6-17)13(20)16-12-10(14)3-2-4-11(12)15/h2-4H,5-8H2,1H3,(H,16,20). The number of halogens is 2. The summed E-state index contributed by atoms with van der Waals surface area (Å²) in [6.45, 7) is 3.28. The third-order valence-electron chi connectivity index (χ3n) is 3.21. The van der Waals surface area contributed by atoms with Crippen LogP contribution in [0, 0.1) is 5.82 Å². The molecule has 1 fully saturated rings. The number of carbonyl (C=O) groups excluding carboxylic acids is 2. The van der Waals surface area contributed by atoms with E-state index in [9.17, 15) is 14.0 Å². The molecule has 1 N–H and O–H groups in total. The van der Waals surface area contributed by atoms with E-state index in [2.05, 4.69) is 5.32 Å². The second-order valence-electron chi connectivity index (χ2n) is 4.52. The van der Waals surface area contributed by atoms with E-state index in [1.165, 1.54) is 30.0 Å². The van der Waals surface area contributed by atoms with E-state index < -0.39 is 11.8 Å². The summed E-state index contributed by atoms with van der Waals surface area (Å²) in [5.74, 6) is -0.588. The minimum Gasteiger partial charge on any atom is -0.339 e. The van der Waals surface area contributed by atoms with Crippen molar-refractivity contribution >= 4 is 29.2 Å². The highest BCUT2D eigenvalue weighted by Gasteiger charge is 2.23. The molecule has 1 saturated heterocycles. The van der Waals surface area contributed by atoms with Gasteiger partial charge in [0.25, 0.3) is 0 Å². The van der Waals surface area contributed by atoms with Crippen molar-refractivity contribution in [1.29, 1.82) is 0 Å². The van der Waals surface area contributed by atoms with E-state index in [-0.39, 0.29) is 16.6 Å². The number of anilines is 1. The van der Waals surface area contributed by atoms with Gasteiger partial charge in [0.2, 0.25) is 5.91 Å². The number of hydrogen-bond acceptors (Lipinski definition) is 2. The van der Waals surface area contributed by atoms with Crippen molar-refractivity contribution in [3.8, 4) is 0 Å². The van der Waals surface area contributed by atoms with Crippen molar-refractivity contribution in [2.75, 3.05) is 31.5 Å². The van der Waals surface area contributed by atoms with Gasteiger partial charge in [0.05, 0.1) is 10.7 Å². The molecule has 0 unspecified atom stereocenters. The average molecular weight is 300 g/mol. The molecule has 2 rings (SSSR count). The largest absolute Gasteiger partial charge is 0.339 e. The first-order valence-electron chi connectivity index (χ1n) is 6.24. The van der Waals surface area contributed by atoms with E-state index in [0.717, 1.165) is 0 Å². The van der Waals surface area contributed by atoms with Crippen LogP contribution in [0.3, 0.4) is 0 Å². The summed E-state index contributed by atoms with van der Waals surface area (Å²) in [5.41, 5.74) is -0.0202. The minimum absolute atomic E-state index is 0.0118. The summed E-state index contributed by atoms with van der Waals surface area (Å²) >= 11 is 5.85. The summed E-state index contributed by atoms with van der Waals surface area (Å²) in [6, 6.07) is 3.79. The zero-order valence-corrected chi connectivity index (χ0v) is 11.8. The Morgan fingerprint density at radius 1 is 1.20 bits per heavy atom. The molecule has 0 radical (unpaired) electrons. The molecular weight excluding hydrogens is 285 g/mol. The van der Waals surface area contributed by atoms with Gasteiger partial charge >= 0.3 is 6.03 Å². The van der Waals surface area contributed by atoms with Crippen molar-refractivity contribution in [3.05, 3.63) is 29.0 Å². The molecule has 0 spiro atoms. The molecule has 3 amide bonds. The monoisotopic (exact) mass is 299 g/mol. The third kappa shape index (κ3) is 3.19. The summed E-state index contributed by atoms with van der Waals surface area (Å²) in [5, 5.41) is 2.62. The fourth-order valence-corrected chi connectivity index (χ4v) is 2.24. The number of benzene rings is 1. The lowest BCUT2D eigenvalue weighted by atomic mass is 10.3. The van der Waals surface area contributed by atoms with Crippen LogP contribution < -0.4 is 5.32 Å². The van der Waals surface area contributed by atoms with E-state index >= 15 is 0 Å². The molecule has 0 aromatic heterocycles. The van der Waals surface area contributed by atoms with Crippen molar-refractivity contribution < 1.29 is 14.0 Å². The minimum atomic E-state index is -0.576. The third-order valence-corrected chi connectivity index (χ3v) is 3.52. The maximum atomic E-state index is 13.6. The van der Waals surface area contributed by atoms with Gasteiger partial charge in [0.15, 0.2) is 0 Å². The molecule has 5 nitrogen and oxygen atoms in total. The first-order valence-corrected chi connectivity index (χ1v) is 6.62. The van der Waals surface area contributed by atoms with Gasteiger partial charge in [-0.15, -0.1) is 0 Å². The van der Waals surface area contributed by atoms with Gasteiger partial charge in [0, 0.05) is 33.1 Å². The van der Waals surface area contributed by atoms with Gasteiger partial charge in [-0.25, -0.2) is 9.18 Å². The molecule has 1 aromatic carbocycles. The smallest absolute Gasteiger partial charge is 0.322 e. The first-order chi connectivity index (χ1) is 9.49. The second-order valence-corrected chi connectivity index (χ2v) is 4.93. The van der Waals surface area contributed by atoms with Crippen molar-refractivity contribution in [2.45, 2.75) is 6.92 Å². The van der Waals surface area contributed by atoms with Crippen LogP contribution in [-0.2, 0) is 4.79 Å². The zero-order chi connectivity index (χ0) is 14.7. The fourth-order valence-electron chi connectivity index (χ4n) is 2.03. The molecule has 0 bridgehead atoms. The Balaban J connectivity index is 1.98. The normalized spacial score (nSPS) is 15.2. The number of nitrogens with one attached hydrogen (secondary N) is 1. The molecule has 0 atom stereocenters. The van der Waals surface area contributed by atoms with Crippen molar-refractivity contribution in [1.82, 2.24) is 9.80 Å². The van der Waals surface area contributed by atoms with Crippen LogP contribution in [0.5, 0.6) is 0 Å². The van der Waals surface area contributed by atoms with E-state index in [1.54, 1.807) is 4.90 Å². The zero-order valence-electron chi connectivity index (χ0n) is 11.0. The van der Waals surface area contributed by atoms with Gasteiger partial charge in [-0.05, 0) is 12.1 Å². The van der Waals surface area contributed by atoms with Gasteiger partial charge in [0.1, 0.15) is 5.82 Å². The highest BCUT2D eigenvalue weighted by Crippen LogP contribution is 2.24. The van der Waals surface area contributed by atoms with Crippen LogP contribution in [0.15, 0.2) is 18.2 Å². The second kappa shape index (κ2) is 6.09. The molecule has 108 valence electrons. The Bertz CT molecular complexity index is 510. The lowest BCUT2D eigenvalue weighted by Gasteiger charge is -2.34. The Kier molecular flexibility index (Phi) is 4.44. The Morgan fingerprint density at radius 2 is 1.80 bits per heavy atom. The molecule has 1 aliphatic rings. The molecule has 0 saturated carbocycles. The van der Waals surface area contributed by atoms with Crippen molar-refractivity contribution in [2.24, 2.45) is 0 Å². The fraction of sp³-hybridized carbons (Fsp3) is 0.385. The average Bonchev–Trinajstić information content (AvgIpc) is 2.43. The number of nitrogens with zero attached hydrogens (tertiary/aromatic N) is 2. The molecule has 1 aliphatic heterocycles. The molecule has 20 heavy (non-hydrogen) atoms. The lowest BCUT2D eigenvalue weighted by molar-refractivity contribution is -0.130. The molecular formula is C13H15ClFN3O2. The topological polar surface area (TPSA) is 52.7 Å². The predicted molar refractivity (Wildman–Crippen MR) is 74.3 cm³/mol. The molecule has 1 heterocycles. The number of urea groups is 1. The number of rotatable bonds is 1. The van der Waals surface area contributed by atoms with Gasteiger partial charge in [-0.1, -0.05) is 17.7 Å². The first kappa shape index (κ1) is 14.6. The van der Waals surface area contributed by atoms with Crippen LogP contribution in [0.2, 0.25) is 5.02 Å². The summed E-state index contributed by atoms with van der Waals surface area (Å²) in [7, 11) is 0. The van der Waals surface area contributed by atoms with Crippen LogP contribution in [0.25, 0.3) is 0 Å². The molecule has 7 heteroatoms. The van der Waals surface area contributed by atoms with E-state index in [4.69, 9.17) is 11.6 Å². The predicted octanol–water partition coefficient (Wildman–Crippen LogP) is 2.18. The highest BCUT2D eigenvalue weighted by molar-refractivity contribution is 6.33. The SMILES string of the molecule is CC(=O)N1CCN(C(=O)Nc2c(F)cccc2Cl)CC1. The van der Waals surface area contributed by atoms with Crippen molar-refractivity contribution in [3.63, 3.8) is 0 Å². The van der Waals surface area contributed by atoms with Gasteiger partial charge < -0.3 is 15.1 Å². The van der Waals surface area contributed by atoms with Crippen LogP contribution in [0.1, 0.15) is 6.92 Å². The van der Waals surface area contributed by atoms with Crippen LogP contribution >= 0.6 is 11.6 Å².